The lowest BCUT2D eigenvalue weighted by Gasteiger charge is -2.28. The predicted molar refractivity (Wildman–Crippen MR) is 104 cm³/mol. The van der Waals surface area contributed by atoms with Crippen LogP contribution in [0.2, 0.25) is 0 Å². The summed E-state index contributed by atoms with van der Waals surface area (Å²) in [4.78, 5) is 4.79. The van der Waals surface area contributed by atoms with E-state index in [0.717, 1.165) is 18.5 Å². The summed E-state index contributed by atoms with van der Waals surface area (Å²) in [5, 5.41) is 3.52. The van der Waals surface area contributed by atoms with Crippen molar-refractivity contribution in [3.63, 3.8) is 0 Å². The highest BCUT2D eigenvalue weighted by atomic mass is 14.9. The zero-order valence-electron chi connectivity index (χ0n) is 15.8. The number of nitrogens with zero attached hydrogens (tertiary/aromatic N) is 1. The van der Waals surface area contributed by atoms with Crippen LogP contribution in [-0.2, 0) is 0 Å². The summed E-state index contributed by atoms with van der Waals surface area (Å²) in [5.74, 6) is 0. The van der Waals surface area contributed by atoms with E-state index in [1.807, 2.05) is 12.3 Å². The number of allylic oxidation sites excluding steroid dienone is 2. The van der Waals surface area contributed by atoms with Gasteiger partial charge in [0.15, 0.2) is 0 Å². The highest BCUT2D eigenvalue weighted by molar-refractivity contribution is 5.73. The number of unbranched alkanes of at least 4 members (excludes halogenated alkanes) is 1. The third-order valence-corrected chi connectivity index (χ3v) is 3.54. The van der Waals surface area contributed by atoms with Crippen molar-refractivity contribution in [3.8, 4) is 0 Å². The van der Waals surface area contributed by atoms with Crippen molar-refractivity contribution in [2.45, 2.75) is 72.8 Å². The molecule has 1 N–H and O–H groups in total. The van der Waals surface area contributed by atoms with Gasteiger partial charge in [0.1, 0.15) is 0 Å². The Hall–Kier alpha value is -1.57. The summed E-state index contributed by atoms with van der Waals surface area (Å²) in [6.45, 7) is 13.4. The average molecular weight is 315 g/mol. The standard InChI is InChI=1S/C21H34N2/c1-7-8-12-19(23-18-13-10-9-11-14-18)15-16-22-21(5,6)17-20(2,3)4/h9-11,13-16,23H,7-8,12,17H2,1-6H3. The fourth-order valence-corrected chi connectivity index (χ4v) is 2.93. The smallest absolute Gasteiger partial charge is 0.0557 e. The highest BCUT2D eigenvalue weighted by Crippen LogP contribution is 2.29. The second kappa shape index (κ2) is 8.90. The molecule has 1 aromatic carbocycles. The molecule has 0 aliphatic heterocycles. The Kier molecular flexibility index (Phi) is 7.54. The molecule has 0 fully saturated rings. The molecule has 0 saturated carbocycles. The molecule has 0 amide bonds. The van der Waals surface area contributed by atoms with Gasteiger partial charge in [0.05, 0.1) is 5.54 Å². The molecule has 0 bridgehead atoms. The number of hydrogen-bond donors (Lipinski definition) is 1. The first kappa shape index (κ1) is 19.5. The van der Waals surface area contributed by atoms with E-state index in [1.54, 1.807) is 0 Å². The van der Waals surface area contributed by atoms with Crippen molar-refractivity contribution in [1.82, 2.24) is 0 Å². The second-order valence-corrected chi connectivity index (χ2v) is 8.11. The first-order chi connectivity index (χ1) is 10.7. The van der Waals surface area contributed by atoms with Crippen molar-refractivity contribution in [2.75, 3.05) is 5.32 Å². The van der Waals surface area contributed by atoms with Crippen molar-refractivity contribution < 1.29 is 0 Å². The fourth-order valence-electron chi connectivity index (χ4n) is 2.93. The molecule has 2 nitrogen and oxygen atoms in total. The van der Waals surface area contributed by atoms with Crippen molar-refractivity contribution >= 4 is 11.9 Å². The van der Waals surface area contributed by atoms with Gasteiger partial charge in [-0.2, -0.15) is 0 Å². The van der Waals surface area contributed by atoms with Crippen molar-refractivity contribution in [1.29, 1.82) is 0 Å². The number of aliphatic imine (C=N–C) groups is 1. The van der Waals surface area contributed by atoms with Crippen LogP contribution in [0.4, 0.5) is 5.69 Å². The summed E-state index contributed by atoms with van der Waals surface area (Å²) < 4.78 is 0. The van der Waals surface area contributed by atoms with Crippen LogP contribution in [0, 0.1) is 5.41 Å². The molecule has 2 heteroatoms. The minimum absolute atomic E-state index is 0.0304. The highest BCUT2D eigenvalue weighted by Gasteiger charge is 2.23. The summed E-state index contributed by atoms with van der Waals surface area (Å²) in [5.41, 5.74) is 2.63. The summed E-state index contributed by atoms with van der Waals surface area (Å²) in [6, 6.07) is 10.3. The predicted octanol–water partition coefficient (Wildman–Crippen LogP) is 6.46. The quantitative estimate of drug-likeness (QED) is 0.547. The molecule has 0 atom stereocenters. The molecule has 0 unspecified atom stereocenters. The largest absolute Gasteiger partial charge is 0.359 e. The maximum absolute atomic E-state index is 4.79. The Morgan fingerprint density at radius 2 is 1.74 bits per heavy atom. The maximum Gasteiger partial charge on any atom is 0.0557 e. The Labute approximate surface area is 143 Å². The fraction of sp³-hybridized carbons (Fsp3) is 0.571. The van der Waals surface area contributed by atoms with Crippen LogP contribution < -0.4 is 5.32 Å². The van der Waals surface area contributed by atoms with Gasteiger partial charge in [0, 0.05) is 17.6 Å². The molecular weight excluding hydrogens is 280 g/mol. The summed E-state index contributed by atoms with van der Waals surface area (Å²) >= 11 is 0. The van der Waals surface area contributed by atoms with Crippen LogP contribution in [0.3, 0.4) is 0 Å². The zero-order valence-corrected chi connectivity index (χ0v) is 15.8. The van der Waals surface area contributed by atoms with Gasteiger partial charge in [0.2, 0.25) is 0 Å². The zero-order chi connectivity index (χ0) is 17.3. The van der Waals surface area contributed by atoms with Gasteiger partial charge in [-0.3, -0.25) is 4.99 Å². The first-order valence-electron chi connectivity index (χ1n) is 8.78. The average Bonchev–Trinajstić information content (AvgIpc) is 2.43. The van der Waals surface area contributed by atoms with Gasteiger partial charge in [-0.25, -0.2) is 0 Å². The number of anilines is 1. The Bertz CT molecular complexity index is 504. The van der Waals surface area contributed by atoms with Gasteiger partial charge in [0.25, 0.3) is 0 Å². The second-order valence-electron chi connectivity index (χ2n) is 8.11. The molecule has 0 aliphatic rings. The lowest BCUT2D eigenvalue weighted by atomic mass is 9.82. The van der Waals surface area contributed by atoms with Crippen molar-refractivity contribution in [3.05, 3.63) is 42.1 Å². The number of nitrogens with one attached hydrogen (secondary N) is 1. The van der Waals surface area contributed by atoms with Crippen molar-refractivity contribution in [2.24, 2.45) is 10.4 Å². The topological polar surface area (TPSA) is 24.4 Å². The third kappa shape index (κ3) is 9.22. The van der Waals surface area contributed by atoms with E-state index in [1.165, 1.54) is 18.5 Å². The molecule has 0 saturated heterocycles. The minimum Gasteiger partial charge on any atom is -0.359 e. The number of hydrogen-bond acceptors (Lipinski definition) is 2. The molecule has 1 rings (SSSR count). The molecule has 0 aliphatic carbocycles. The Morgan fingerprint density at radius 1 is 1.09 bits per heavy atom. The Balaban J connectivity index is 2.77. The van der Waals surface area contributed by atoms with Gasteiger partial charge < -0.3 is 5.32 Å². The van der Waals surface area contributed by atoms with E-state index in [2.05, 4.69) is 77.2 Å². The van der Waals surface area contributed by atoms with Crippen LogP contribution in [0.25, 0.3) is 0 Å². The maximum atomic E-state index is 4.79. The lowest BCUT2D eigenvalue weighted by Crippen LogP contribution is -2.24. The van der Waals surface area contributed by atoms with Crippen LogP contribution in [0.1, 0.15) is 67.2 Å². The molecule has 0 spiro atoms. The lowest BCUT2D eigenvalue weighted by molar-refractivity contribution is 0.289. The normalized spacial score (nSPS) is 13.6. The SMILES string of the molecule is CCCCC(=CC=NC(C)(C)CC(C)(C)C)Nc1ccccc1. The third-order valence-electron chi connectivity index (χ3n) is 3.54. The first-order valence-corrected chi connectivity index (χ1v) is 8.78. The number of para-hydroxylation sites is 1. The van der Waals surface area contributed by atoms with Crippen LogP contribution >= 0.6 is 0 Å². The van der Waals surface area contributed by atoms with E-state index >= 15 is 0 Å². The number of benzene rings is 1. The van der Waals surface area contributed by atoms with E-state index < -0.39 is 0 Å². The molecular formula is C21H34N2. The van der Waals surface area contributed by atoms with Gasteiger partial charge in [-0.1, -0.05) is 52.3 Å². The van der Waals surface area contributed by atoms with E-state index in [4.69, 9.17) is 4.99 Å². The molecule has 128 valence electrons. The summed E-state index contributed by atoms with van der Waals surface area (Å²) in [6.07, 6.45) is 8.61. The van der Waals surface area contributed by atoms with Crippen LogP contribution in [-0.4, -0.2) is 11.8 Å². The van der Waals surface area contributed by atoms with Gasteiger partial charge in [-0.05, 0) is 56.7 Å². The molecule has 23 heavy (non-hydrogen) atoms. The summed E-state index contributed by atoms with van der Waals surface area (Å²) in [7, 11) is 0. The van der Waals surface area contributed by atoms with E-state index in [-0.39, 0.29) is 11.0 Å². The van der Waals surface area contributed by atoms with E-state index in [0.29, 0.717) is 0 Å². The molecule has 1 aromatic rings. The monoisotopic (exact) mass is 314 g/mol. The Morgan fingerprint density at radius 3 is 2.30 bits per heavy atom. The minimum atomic E-state index is -0.0304. The van der Waals surface area contributed by atoms with Gasteiger partial charge in [-0.15, -0.1) is 0 Å². The van der Waals surface area contributed by atoms with E-state index in [9.17, 15) is 0 Å². The molecule has 0 heterocycles. The van der Waals surface area contributed by atoms with Gasteiger partial charge >= 0.3 is 0 Å². The number of rotatable bonds is 8. The van der Waals surface area contributed by atoms with Crippen LogP contribution in [0.5, 0.6) is 0 Å². The molecule has 0 aromatic heterocycles. The van der Waals surface area contributed by atoms with Crippen LogP contribution in [0.15, 0.2) is 47.1 Å². The molecule has 0 radical (unpaired) electrons.